The Hall–Kier alpha value is -2.61. The van der Waals surface area contributed by atoms with Gasteiger partial charge in [0.05, 0.1) is 11.6 Å². The van der Waals surface area contributed by atoms with Gasteiger partial charge in [-0.25, -0.2) is 9.97 Å². The lowest BCUT2D eigenvalue weighted by Gasteiger charge is -2.31. The zero-order valence-electron chi connectivity index (χ0n) is 14.5. The molecule has 0 saturated carbocycles. The molecule has 1 saturated heterocycles. The Balaban J connectivity index is 1.86. The molecule has 2 heterocycles. The summed E-state index contributed by atoms with van der Waals surface area (Å²) < 4.78 is 0. The smallest absolute Gasteiger partial charge is 0.253 e. The van der Waals surface area contributed by atoms with Crippen LogP contribution in [0.25, 0.3) is 11.3 Å². The Morgan fingerprint density at radius 1 is 1.27 bits per heavy atom. The lowest BCUT2D eigenvalue weighted by atomic mass is 9.96. The summed E-state index contributed by atoms with van der Waals surface area (Å²) in [6.07, 6.45) is 3.39. The first-order chi connectivity index (χ1) is 12.5. The molecule has 1 fully saturated rings. The van der Waals surface area contributed by atoms with Gasteiger partial charge < -0.3 is 16.4 Å². The van der Waals surface area contributed by atoms with Gasteiger partial charge in [0, 0.05) is 30.3 Å². The van der Waals surface area contributed by atoms with Crippen molar-refractivity contribution in [1.29, 1.82) is 0 Å². The van der Waals surface area contributed by atoms with Crippen LogP contribution in [0.15, 0.2) is 35.5 Å². The standard InChI is InChI=1S/C18H21N5O2S/c1-26-18-21-14(9-15(19)22-18)11-4-2-5-12(8-11)17(25)23-7-3-6-13(10-23)16(20)24/h2,4-5,8-9,13H,3,6-7,10H2,1H3,(H2,20,24)(H2,19,21,22). The van der Waals surface area contributed by atoms with Crippen LogP contribution in [0, 0.1) is 5.92 Å². The molecule has 1 aliphatic heterocycles. The minimum Gasteiger partial charge on any atom is -0.384 e. The largest absolute Gasteiger partial charge is 0.384 e. The molecule has 0 bridgehead atoms. The maximum absolute atomic E-state index is 12.9. The highest BCUT2D eigenvalue weighted by Crippen LogP contribution is 2.24. The molecule has 1 aromatic carbocycles. The average Bonchev–Trinajstić information content (AvgIpc) is 2.67. The second-order valence-electron chi connectivity index (χ2n) is 6.24. The second-order valence-corrected chi connectivity index (χ2v) is 7.01. The van der Waals surface area contributed by atoms with Crippen LogP contribution in [0.4, 0.5) is 5.82 Å². The van der Waals surface area contributed by atoms with Crippen molar-refractivity contribution in [2.45, 2.75) is 18.0 Å². The number of primary amides is 1. The van der Waals surface area contributed by atoms with E-state index in [4.69, 9.17) is 11.5 Å². The Bertz CT molecular complexity index is 842. The zero-order valence-corrected chi connectivity index (χ0v) is 15.3. The quantitative estimate of drug-likeness (QED) is 0.625. The molecule has 0 aliphatic carbocycles. The summed E-state index contributed by atoms with van der Waals surface area (Å²) in [7, 11) is 0. The van der Waals surface area contributed by atoms with Gasteiger partial charge in [-0.05, 0) is 31.2 Å². The average molecular weight is 371 g/mol. The Kier molecular flexibility index (Phi) is 5.41. The summed E-state index contributed by atoms with van der Waals surface area (Å²) in [5, 5.41) is 0.581. The van der Waals surface area contributed by atoms with Gasteiger partial charge in [0.1, 0.15) is 5.82 Å². The lowest BCUT2D eigenvalue weighted by Crippen LogP contribution is -2.44. The van der Waals surface area contributed by atoms with E-state index in [-0.39, 0.29) is 17.7 Å². The number of hydrogen-bond acceptors (Lipinski definition) is 6. The number of benzene rings is 1. The predicted molar refractivity (Wildman–Crippen MR) is 101 cm³/mol. The number of hydrogen-bond donors (Lipinski definition) is 2. The number of carbonyl (C=O) groups excluding carboxylic acids is 2. The number of piperidine rings is 1. The number of nitrogens with two attached hydrogens (primary N) is 2. The molecule has 1 atom stereocenters. The molecule has 0 radical (unpaired) electrons. The molecule has 0 spiro atoms. The third-order valence-electron chi connectivity index (χ3n) is 4.42. The van der Waals surface area contributed by atoms with Crippen LogP contribution in [-0.2, 0) is 4.79 Å². The highest BCUT2D eigenvalue weighted by molar-refractivity contribution is 7.98. The number of thioether (sulfide) groups is 1. The van der Waals surface area contributed by atoms with Crippen LogP contribution in [0.2, 0.25) is 0 Å². The van der Waals surface area contributed by atoms with Gasteiger partial charge in [-0.15, -0.1) is 0 Å². The molecular formula is C18H21N5O2S. The summed E-state index contributed by atoms with van der Waals surface area (Å²) in [4.78, 5) is 34.6. The van der Waals surface area contributed by atoms with E-state index in [1.54, 1.807) is 23.1 Å². The summed E-state index contributed by atoms with van der Waals surface area (Å²) >= 11 is 1.41. The van der Waals surface area contributed by atoms with Crippen LogP contribution in [0.3, 0.4) is 0 Å². The molecular weight excluding hydrogens is 350 g/mol. The minimum absolute atomic E-state index is 0.107. The number of rotatable bonds is 4. The molecule has 1 aromatic heterocycles. The van der Waals surface area contributed by atoms with E-state index in [1.807, 2.05) is 18.4 Å². The van der Waals surface area contributed by atoms with Gasteiger partial charge in [-0.3, -0.25) is 9.59 Å². The van der Waals surface area contributed by atoms with Gasteiger partial charge in [0.25, 0.3) is 5.91 Å². The lowest BCUT2D eigenvalue weighted by molar-refractivity contribution is -0.123. The SMILES string of the molecule is CSc1nc(N)cc(-c2cccc(C(=O)N3CCCC(C(N)=O)C3)c2)n1. The number of nitrogen functional groups attached to an aromatic ring is 1. The molecule has 1 unspecified atom stereocenters. The first-order valence-corrected chi connectivity index (χ1v) is 9.58. The van der Waals surface area contributed by atoms with E-state index in [9.17, 15) is 9.59 Å². The number of nitrogens with zero attached hydrogens (tertiary/aromatic N) is 3. The zero-order chi connectivity index (χ0) is 18.7. The Labute approximate surface area is 156 Å². The van der Waals surface area contributed by atoms with Crippen molar-refractivity contribution in [2.24, 2.45) is 11.7 Å². The van der Waals surface area contributed by atoms with Gasteiger partial charge in [-0.2, -0.15) is 0 Å². The number of carbonyl (C=O) groups is 2. The van der Waals surface area contributed by atoms with Crippen molar-refractivity contribution in [3.63, 3.8) is 0 Å². The fourth-order valence-corrected chi connectivity index (χ4v) is 3.46. The van der Waals surface area contributed by atoms with Crippen molar-refractivity contribution in [1.82, 2.24) is 14.9 Å². The molecule has 3 rings (SSSR count). The number of likely N-dealkylation sites (tertiary alicyclic amines) is 1. The summed E-state index contributed by atoms with van der Waals surface area (Å²) in [6, 6.07) is 8.94. The Morgan fingerprint density at radius 2 is 2.08 bits per heavy atom. The minimum atomic E-state index is -0.350. The molecule has 136 valence electrons. The van der Waals surface area contributed by atoms with Gasteiger partial charge in [-0.1, -0.05) is 23.9 Å². The Morgan fingerprint density at radius 3 is 2.81 bits per heavy atom. The van der Waals surface area contributed by atoms with Crippen LogP contribution in [0.1, 0.15) is 23.2 Å². The van der Waals surface area contributed by atoms with Crippen LogP contribution >= 0.6 is 11.8 Å². The maximum atomic E-state index is 12.9. The van der Waals surface area contributed by atoms with Gasteiger partial charge >= 0.3 is 0 Å². The fraction of sp³-hybridized carbons (Fsp3) is 0.333. The molecule has 2 aromatic rings. The fourth-order valence-electron chi connectivity index (χ4n) is 3.07. The normalized spacial score (nSPS) is 17.1. The topological polar surface area (TPSA) is 115 Å². The first kappa shape index (κ1) is 18.2. The van der Waals surface area contributed by atoms with E-state index >= 15 is 0 Å². The molecule has 8 heteroatoms. The first-order valence-electron chi connectivity index (χ1n) is 8.35. The van der Waals surface area contributed by atoms with Gasteiger partial charge in [0.15, 0.2) is 5.16 Å². The molecule has 1 aliphatic rings. The van der Waals surface area contributed by atoms with Gasteiger partial charge in [0.2, 0.25) is 5.91 Å². The summed E-state index contributed by atoms with van der Waals surface area (Å²) in [5.74, 6) is -0.347. The van der Waals surface area contributed by atoms with Crippen LogP contribution < -0.4 is 11.5 Å². The summed E-state index contributed by atoms with van der Waals surface area (Å²) in [5.41, 5.74) is 13.3. The summed E-state index contributed by atoms with van der Waals surface area (Å²) in [6.45, 7) is 0.999. The molecule has 26 heavy (non-hydrogen) atoms. The van der Waals surface area contributed by atoms with E-state index in [2.05, 4.69) is 9.97 Å². The highest BCUT2D eigenvalue weighted by Gasteiger charge is 2.27. The van der Waals surface area contributed by atoms with E-state index in [0.717, 1.165) is 18.4 Å². The second kappa shape index (κ2) is 7.74. The monoisotopic (exact) mass is 371 g/mol. The predicted octanol–water partition coefficient (Wildman–Crippen LogP) is 1.79. The highest BCUT2D eigenvalue weighted by atomic mass is 32.2. The van der Waals surface area contributed by atoms with E-state index < -0.39 is 0 Å². The molecule has 2 amide bonds. The number of aromatic nitrogens is 2. The van der Waals surface area contributed by atoms with Crippen molar-refractivity contribution >= 4 is 29.4 Å². The molecule has 4 N–H and O–H groups in total. The van der Waals surface area contributed by atoms with Crippen LogP contribution in [-0.4, -0.2) is 46.0 Å². The van der Waals surface area contributed by atoms with E-state index in [1.165, 1.54) is 11.8 Å². The van der Waals surface area contributed by atoms with Crippen molar-refractivity contribution in [3.8, 4) is 11.3 Å². The van der Waals surface area contributed by atoms with Crippen molar-refractivity contribution in [2.75, 3.05) is 25.1 Å². The number of amides is 2. The maximum Gasteiger partial charge on any atom is 0.253 e. The van der Waals surface area contributed by atoms with Crippen molar-refractivity contribution < 1.29 is 9.59 Å². The van der Waals surface area contributed by atoms with Crippen molar-refractivity contribution in [3.05, 3.63) is 35.9 Å². The van der Waals surface area contributed by atoms with E-state index in [0.29, 0.717) is 35.3 Å². The molecule has 7 nitrogen and oxygen atoms in total. The van der Waals surface area contributed by atoms with Crippen LogP contribution in [0.5, 0.6) is 0 Å². The third kappa shape index (κ3) is 3.96. The number of anilines is 1. The third-order valence-corrected chi connectivity index (χ3v) is 4.97.